The van der Waals surface area contributed by atoms with Crippen LogP contribution in [0.3, 0.4) is 0 Å². The maximum Gasteiger partial charge on any atom is 0.146 e. The lowest BCUT2D eigenvalue weighted by atomic mass is 9.98. The first kappa shape index (κ1) is 12.4. The molecule has 2 rings (SSSR count). The van der Waals surface area contributed by atoms with E-state index in [1.807, 2.05) is 19.2 Å². The van der Waals surface area contributed by atoms with E-state index in [0.717, 1.165) is 25.2 Å². The summed E-state index contributed by atoms with van der Waals surface area (Å²) in [7, 11) is 1.97. The van der Waals surface area contributed by atoms with E-state index >= 15 is 0 Å². The van der Waals surface area contributed by atoms with Crippen LogP contribution >= 0.6 is 0 Å². The highest BCUT2D eigenvalue weighted by atomic mass is 19.1. The molecule has 1 aliphatic heterocycles. The van der Waals surface area contributed by atoms with Gasteiger partial charge in [0.2, 0.25) is 0 Å². The van der Waals surface area contributed by atoms with Crippen LogP contribution in [-0.2, 0) is 0 Å². The van der Waals surface area contributed by atoms with Gasteiger partial charge in [-0.15, -0.1) is 0 Å². The van der Waals surface area contributed by atoms with Gasteiger partial charge in [-0.05, 0) is 51.4 Å². The van der Waals surface area contributed by atoms with Gasteiger partial charge in [0.25, 0.3) is 0 Å². The normalized spacial score (nSPS) is 20.6. The molecule has 0 bridgehead atoms. The fourth-order valence-electron chi connectivity index (χ4n) is 2.61. The Morgan fingerprint density at radius 2 is 2.18 bits per heavy atom. The molecule has 0 saturated carbocycles. The number of nitrogens with zero attached hydrogens (tertiary/aromatic N) is 1. The maximum atomic E-state index is 13.8. The summed E-state index contributed by atoms with van der Waals surface area (Å²) in [4.78, 5) is 2.25. The molecular weight excluding hydrogens is 215 g/mol. The summed E-state index contributed by atoms with van der Waals surface area (Å²) in [5, 5.41) is 3.18. The third kappa shape index (κ3) is 2.97. The molecule has 1 aromatic rings. The van der Waals surface area contributed by atoms with Crippen molar-refractivity contribution in [3.63, 3.8) is 0 Å². The zero-order chi connectivity index (χ0) is 12.1. The second-order valence-corrected chi connectivity index (χ2v) is 4.69. The van der Waals surface area contributed by atoms with Gasteiger partial charge in [0.05, 0.1) is 5.69 Å². The van der Waals surface area contributed by atoms with E-state index in [4.69, 9.17) is 0 Å². The highest BCUT2D eigenvalue weighted by Gasteiger charge is 2.23. The zero-order valence-corrected chi connectivity index (χ0v) is 10.5. The number of nitrogens with one attached hydrogen (secondary N) is 1. The van der Waals surface area contributed by atoms with Gasteiger partial charge in [-0.3, -0.25) is 0 Å². The molecule has 0 amide bonds. The second-order valence-electron chi connectivity index (χ2n) is 4.69. The molecule has 1 N–H and O–H groups in total. The van der Waals surface area contributed by atoms with Crippen LogP contribution in [0.4, 0.5) is 10.1 Å². The molecule has 1 saturated heterocycles. The van der Waals surface area contributed by atoms with Gasteiger partial charge < -0.3 is 10.2 Å². The van der Waals surface area contributed by atoms with Gasteiger partial charge in [-0.2, -0.15) is 0 Å². The lowest BCUT2D eigenvalue weighted by Gasteiger charge is -2.37. The van der Waals surface area contributed by atoms with Crippen molar-refractivity contribution in [1.82, 2.24) is 5.32 Å². The SMILES string of the molecule is CNCCC1CCCCN1c1ccccc1F. The summed E-state index contributed by atoms with van der Waals surface area (Å²) in [6, 6.07) is 7.60. The summed E-state index contributed by atoms with van der Waals surface area (Å²) in [5.41, 5.74) is 0.772. The molecule has 1 atom stereocenters. The minimum atomic E-state index is -0.0937. The Labute approximate surface area is 103 Å². The standard InChI is InChI=1S/C14H21FN2/c1-16-10-9-12-6-4-5-11-17(12)14-8-3-2-7-13(14)15/h2-3,7-8,12,16H,4-6,9-11H2,1H3. The maximum absolute atomic E-state index is 13.8. The van der Waals surface area contributed by atoms with Gasteiger partial charge in [-0.25, -0.2) is 4.39 Å². The third-order valence-electron chi connectivity index (χ3n) is 3.52. The molecule has 3 heteroatoms. The quantitative estimate of drug-likeness (QED) is 0.864. The first-order valence-electron chi connectivity index (χ1n) is 6.48. The smallest absolute Gasteiger partial charge is 0.146 e. The Morgan fingerprint density at radius 3 is 2.94 bits per heavy atom. The molecule has 2 nitrogen and oxygen atoms in total. The topological polar surface area (TPSA) is 15.3 Å². The minimum Gasteiger partial charge on any atom is -0.366 e. The Balaban J connectivity index is 2.13. The molecule has 1 aromatic carbocycles. The molecule has 0 aromatic heterocycles. The average Bonchev–Trinajstić information content (AvgIpc) is 2.37. The van der Waals surface area contributed by atoms with Crippen LogP contribution in [0.5, 0.6) is 0 Å². The Morgan fingerprint density at radius 1 is 1.35 bits per heavy atom. The highest BCUT2D eigenvalue weighted by Crippen LogP contribution is 2.28. The molecular formula is C14H21FN2. The van der Waals surface area contributed by atoms with E-state index in [9.17, 15) is 4.39 Å². The number of hydrogen-bond acceptors (Lipinski definition) is 2. The number of hydrogen-bond donors (Lipinski definition) is 1. The van der Waals surface area contributed by atoms with Crippen LogP contribution in [0, 0.1) is 5.82 Å². The van der Waals surface area contributed by atoms with Crippen molar-refractivity contribution < 1.29 is 4.39 Å². The summed E-state index contributed by atoms with van der Waals surface area (Å²) in [5.74, 6) is -0.0937. The summed E-state index contributed by atoms with van der Waals surface area (Å²) in [6.07, 6.45) is 4.70. The van der Waals surface area contributed by atoms with Gasteiger partial charge in [0, 0.05) is 12.6 Å². The third-order valence-corrected chi connectivity index (χ3v) is 3.52. The molecule has 17 heavy (non-hydrogen) atoms. The Bertz CT molecular complexity index is 354. The van der Waals surface area contributed by atoms with Gasteiger partial charge >= 0.3 is 0 Å². The van der Waals surface area contributed by atoms with E-state index in [0.29, 0.717) is 6.04 Å². The van der Waals surface area contributed by atoms with Gasteiger partial charge in [0.15, 0.2) is 0 Å². The van der Waals surface area contributed by atoms with E-state index < -0.39 is 0 Å². The number of anilines is 1. The van der Waals surface area contributed by atoms with Crippen LogP contribution in [0.2, 0.25) is 0 Å². The Kier molecular flexibility index (Phi) is 4.37. The lowest BCUT2D eigenvalue weighted by molar-refractivity contribution is 0.428. The molecule has 1 fully saturated rings. The van der Waals surface area contributed by atoms with Crippen molar-refractivity contribution in [2.45, 2.75) is 31.7 Å². The van der Waals surface area contributed by atoms with Gasteiger partial charge in [-0.1, -0.05) is 12.1 Å². The number of benzene rings is 1. The predicted molar refractivity (Wildman–Crippen MR) is 69.9 cm³/mol. The summed E-state index contributed by atoms with van der Waals surface area (Å²) < 4.78 is 13.8. The van der Waals surface area contributed by atoms with Crippen LogP contribution < -0.4 is 10.2 Å². The number of para-hydroxylation sites is 1. The molecule has 0 spiro atoms. The number of halogens is 1. The summed E-state index contributed by atoms with van der Waals surface area (Å²) in [6.45, 7) is 1.98. The van der Waals surface area contributed by atoms with Crippen molar-refractivity contribution in [1.29, 1.82) is 0 Å². The van der Waals surface area contributed by atoms with E-state index in [1.165, 1.54) is 19.3 Å². The van der Waals surface area contributed by atoms with Gasteiger partial charge in [0.1, 0.15) is 5.82 Å². The van der Waals surface area contributed by atoms with Crippen molar-refractivity contribution in [2.24, 2.45) is 0 Å². The van der Waals surface area contributed by atoms with E-state index in [1.54, 1.807) is 12.1 Å². The van der Waals surface area contributed by atoms with Crippen molar-refractivity contribution >= 4 is 5.69 Å². The largest absolute Gasteiger partial charge is 0.366 e. The molecule has 1 heterocycles. The zero-order valence-electron chi connectivity index (χ0n) is 10.5. The molecule has 94 valence electrons. The monoisotopic (exact) mass is 236 g/mol. The van der Waals surface area contributed by atoms with Crippen molar-refractivity contribution in [3.05, 3.63) is 30.1 Å². The van der Waals surface area contributed by atoms with E-state index in [2.05, 4.69) is 10.2 Å². The minimum absolute atomic E-state index is 0.0937. The molecule has 0 aliphatic carbocycles. The highest BCUT2D eigenvalue weighted by molar-refractivity contribution is 5.49. The number of piperidine rings is 1. The van der Waals surface area contributed by atoms with Crippen molar-refractivity contribution in [3.8, 4) is 0 Å². The first-order valence-corrected chi connectivity index (χ1v) is 6.48. The predicted octanol–water partition coefficient (Wildman–Crippen LogP) is 2.79. The van der Waals surface area contributed by atoms with Crippen LogP contribution in [0.1, 0.15) is 25.7 Å². The fourth-order valence-corrected chi connectivity index (χ4v) is 2.61. The fraction of sp³-hybridized carbons (Fsp3) is 0.571. The van der Waals surface area contributed by atoms with Crippen molar-refractivity contribution in [2.75, 3.05) is 25.0 Å². The number of rotatable bonds is 4. The average molecular weight is 236 g/mol. The Hall–Kier alpha value is -1.09. The van der Waals surface area contributed by atoms with Crippen LogP contribution in [0.15, 0.2) is 24.3 Å². The molecule has 1 aliphatic rings. The molecule has 0 radical (unpaired) electrons. The second kappa shape index (κ2) is 6.01. The molecule has 1 unspecified atom stereocenters. The van der Waals surface area contributed by atoms with E-state index in [-0.39, 0.29) is 5.82 Å². The lowest BCUT2D eigenvalue weighted by Crippen LogP contribution is -2.41. The summed E-state index contributed by atoms with van der Waals surface area (Å²) >= 11 is 0. The van der Waals surface area contributed by atoms with Crippen LogP contribution in [-0.4, -0.2) is 26.2 Å². The van der Waals surface area contributed by atoms with Crippen LogP contribution in [0.25, 0.3) is 0 Å². The first-order chi connectivity index (χ1) is 8.33.